The number of carbonyl (C=O) groups excluding carboxylic acids is 1. The molecule has 0 aromatic carbocycles. The Hall–Kier alpha value is -2.31. The minimum atomic E-state index is 0.136. The van der Waals surface area contributed by atoms with Gasteiger partial charge in [0.05, 0.1) is 11.4 Å². The van der Waals surface area contributed by atoms with Gasteiger partial charge in [-0.1, -0.05) is 12.1 Å². The zero-order valence-corrected chi connectivity index (χ0v) is 14.2. The standard InChI is InChI=1S/C17H23N5O2/c1-3-15-20-16(24-21-15)6-7-17(23)22-8-4-5-13(11-22)14-10-18-9-12(2)19-14/h9-10,13H,3-8,11H2,1-2H3. The van der Waals surface area contributed by atoms with Crippen LogP contribution in [0.2, 0.25) is 0 Å². The summed E-state index contributed by atoms with van der Waals surface area (Å²) in [5.74, 6) is 1.63. The van der Waals surface area contributed by atoms with Crippen LogP contribution in [0, 0.1) is 6.92 Å². The van der Waals surface area contributed by atoms with Gasteiger partial charge >= 0.3 is 0 Å². The molecule has 2 aromatic rings. The van der Waals surface area contributed by atoms with Gasteiger partial charge < -0.3 is 9.42 Å². The summed E-state index contributed by atoms with van der Waals surface area (Å²) in [5, 5.41) is 3.86. The molecule has 1 unspecified atom stereocenters. The molecule has 0 aliphatic carbocycles. The lowest BCUT2D eigenvalue weighted by molar-refractivity contribution is -0.132. The molecule has 1 amide bonds. The van der Waals surface area contributed by atoms with E-state index in [1.807, 2.05) is 24.9 Å². The maximum atomic E-state index is 12.5. The minimum Gasteiger partial charge on any atom is -0.342 e. The predicted octanol–water partition coefficient (Wildman–Crippen LogP) is 2.07. The molecule has 7 heteroatoms. The topological polar surface area (TPSA) is 85.0 Å². The van der Waals surface area contributed by atoms with Crippen molar-refractivity contribution in [1.82, 2.24) is 25.0 Å². The molecule has 1 saturated heterocycles. The number of hydrogen-bond acceptors (Lipinski definition) is 6. The quantitative estimate of drug-likeness (QED) is 0.835. The lowest BCUT2D eigenvalue weighted by Crippen LogP contribution is -2.39. The van der Waals surface area contributed by atoms with Crippen LogP contribution >= 0.6 is 0 Å². The molecule has 1 aliphatic heterocycles. The summed E-state index contributed by atoms with van der Waals surface area (Å²) in [4.78, 5) is 27.5. The first-order valence-electron chi connectivity index (χ1n) is 8.53. The molecule has 0 spiro atoms. The Balaban J connectivity index is 1.56. The van der Waals surface area contributed by atoms with Crippen LogP contribution < -0.4 is 0 Å². The number of hydrogen-bond donors (Lipinski definition) is 0. The van der Waals surface area contributed by atoms with E-state index in [4.69, 9.17) is 4.52 Å². The van der Waals surface area contributed by atoms with Crippen molar-refractivity contribution in [2.24, 2.45) is 0 Å². The molecule has 1 atom stereocenters. The first kappa shape index (κ1) is 16.5. The molecule has 0 N–H and O–H groups in total. The van der Waals surface area contributed by atoms with Crippen molar-refractivity contribution in [1.29, 1.82) is 0 Å². The van der Waals surface area contributed by atoms with Crippen molar-refractivity contribution in [2.75, 3.05) is 13.1 Å². The molecule has 24 heavy (non-hydrogen) atoms. The molecule has 0 radical (unpaired) electrons. The van der Waals surface area contributed by atoms with Crippen LogP contribution in [-0.2, 0) is 17.6 Å². The van der Waals surface area contributed by atoms with E-state index in [0.717, 1.165) is 37.2 Å². The number of carbonyl (C=O) groups is 1. The lowest BCUT2D eigenvalue weighted by Gasteiger charge is -2.32. The summed E-state index contributed by atoms with van der Waals surface area (Å²) >= 11 is 0. The normalized spacial score (nSPS) is 17.9. The first-order valence-corrected chi connectivity index (χ1v) is 8.53. The van der Waals surface area contributed by atoms with Gasteiger partial charge in [0.25, 0.3) is 0 Å². The van der Waals surface area contributed by atoms with Crippen LogP contribution in [0.1, 0.15) is 55.2 Å². The van der Waals surface area contributed by atoms with Gasteiger partial charge in [0.2, 0.25) is 11.8 Å². The minimum absolute atomic E-state index is 0.136. The summed E-state index contributed by atoms with van der Waals surface area (Å²) in [5.41, 5.74) is 1.90. The van der Waals surface area contributed by atoms with Crippen LogP contribution in [0.3, 0.4) is 0 Å². The van der Waals surface area contributed by atoms with Crippen molar-refractivity contribution < 1.29 is 9.32 Å². The second kappa shape index (κ2) is 7.51. The summed E-state index contributed by atoms with van der Waals surface area (Å²) in [7, 11) is 0. The van der Waals surface area contributed by atoms with E-state index < -0.39 is 0 Å². The maximum Gasteiger partial charge on any atom is 0.227 e. The molecule has 1 fully saturated rings. The zero-order valence-electron chi connectivity index (χ0n) is 14.2. The van der Waals surface area contributed by atoms with Gasteiger partial charge in [0.1, 0.15) is 0 Å². The molecule has 1 aliphatic rings. The highest BCUT2D eigenvalue weighted by atomic mass is 16.5. The number of amides is 1. The van der Waals surface area contributed by atoms with Crippen molar-refractivity contribution in [2.45, 2.75) is 51.9 Å². The van der Waals surface area contributed by atoms with Crippen molar-refractivity contribution in [3.63, 3.8) is 0 Å². The largest absolute Gasteiger partial charge is 0.342 e. The van der Waals surface area contributed by atoms with Gasteiger partial charge in [0, 0.05) is 50.7 Å². The molecule has 2 aromatic heterocycles. The number of aromatic nitrogens is 4. The Kier molecular flexibility index (Phi) is 5.17. The number of rotatable bonds is 5. The van der Waals surface area contributed by atoms with Crippen molar-refractivity contribution in [3.8, 4) is 0 Å². The van der Waals surface area contributed by atoms with E-state index >= 15 is 0 Å². The van der Waals surface area contributed by atoms with Crippen LogP contribution in [-0.4, -0.2) is 44.0 Å². The number of aryl methyl sites for hydroxylation is 3. The number of piperidine rings is 1. The Morgan fingerprint density at radius 2 is 2.25 bits per heavy atom. The van der Waals surface area contributed by atoms with Gasteiger partial charge in [-0.2, -0.15) is 4.98 Å². The highest BCUT2D eigenvalue weighted by Gasteiger charge is 2.26. The fourth-order valence-corrected chi connectivity index (χ4v) is 3.03. The number of likely N-dealkylation sites (tertiary alicyclic amines) is 1. The molecule has 3 heterocycles. The van der Waals surface area contributed by atoms with Gasteiger partial charge in [-0.05, 0) is 19.8 Å². The molecular weight excluding hydrogens is 306 g/mol. The Bertz CT molecular complexity index is 700. The Morgan fingerprint density at radius 1 is 1.38 bits per heavy atom. The van der Waals surface area contributed by atoms with E-state index in [9.17, 15) is 4.79 Å². The third-order valence-corrected chi connectivity index (χ3v) is 4.35. The van der Waals surface area contributed by atoms with Crippen LogP contribution in [0.25, 0.3) is 0 Å². The summed E-state index contributed by atoms with van der Waals surface area (Å²) in [6.45, 7) is 5.43. The van der Waals surface area contributed by atoms with E-state index in [1.165, 1.54) is 0 Å². The van der Waals surface area contributed by atoms with Crippen molar-refractivity contribution >= 4 is 5.91 Å². The van der Waals surface area contributed by atoms with E-state index in [0.29, 0.717) is 31.1 Å². The molecule has 0 bridgehead atoms. The smallest absolute Gasteiger partial charge is 0.227 e. The molecule has 3 rings (SSSR count). The highest BCUT2D eigenvalue weighted by molar-refractivity contribution is 5.76. The first-order chi connectivity index (χ1) is 11.7. The van der Waals surface area contributed by atoms with E-state index in [2.05, 4.69) is 20.1 Å². The fourth-order valence-electron chi connectivity index (χ4n) is 3.03. The SMILES string of the molecule is CCc1noc(CCC(=O)N2CCCC(c3cncc(C)n3)C2)n1. The summed E-state index contributed by atoms with van der Waals surface area (Å²) < 4.78 is 5.15. The summed E-state index contributed by atoms with van der Waals surface area (Å²) in [6, 6.07) is 0. The molecule has 7 nitrogen and oxygen atoms in total. The zero-order chi connectivity index (χ0) is 16.9. The fraction of sp³-hybridized carbons (Fsp3) is 0.588. The molecule has 0 saturated carbocycles. The number of nitrogens with zero attached hydrogens (tertiary/aromatic N) is 5. The average Bonchev–Trinajstić information content (AvgIpc) is 3.08. The van der Waals surface area contributed by atoms with Gasteiger partial charge in [-0.25, -0.2) is 0 Å². The van der Waals surface area contributed by atoms with E-state index in [-0.39, 0.29) is 11.8 Å². The average molecular weight is 329 g/mol. The third kappa shape index (κ3) is 3.96. The van der Waals surface area contributed by atoms with E-state index in [1.54, 1.807) is 6.20 Å². The second-order valence-corrected chi connectivity index (χ2v) is 6.22. The Morgan fingerprint density at radius 3 is 3.00 bits per heavy atom. The lowest BCUT2D eigenvalue weighted by atomic mass is 9.94. The monoisotopic (exact) mass is 329 g/mol. The van der Waals surface area contributed by atoms with Crippen LogP contribution in [0.4, 0.5) is 0 Å². The highest BCUT2D eigenvalue weighted by Crippen LogP contribution is 2.25. The van der Waals surface area contributed by atoms with Crippen LogP contribution in [0.15, 0.2) is 16.9 Å². The maximum absolute atomic E-state index is 12.5. The molecule has 128 valence electrons. The van der Waals surface area contributed by atoms with Gasteiger partial charge in [0.15, 0.2) is 5.82 Å². The second-order valence-electron chi connectivity index (χ2n) is 6.22. The Labute approximate surface area is 141 Å². The van der Waals surface area contributed by atoms with Crippen molar-refractivity contribution in [3.05, 3.63) is 35.5 Å². The van der Waals surface area contributed by atoms with Crippen LogP contribution in [0.5, 0.6) is 0 Å². The van der Waals surface area contributed by atoms with Gasteiger partial charge in [-0.3, -0.25) is 14.8 Å². The summed E-state index contributed by atoms with van der Waals surface area (Å²) in [6.07, 6.45) is 7.25. The predicted molar refractivity (Wildman–Crippen MR) is 87.3 cm³/mol. The van der Waals surface area contributed by atoms with Gasteiger partial charge in [-0.15, -0.1) is 0 Å². The third-order valence-electron chi connectivity index (χ3n) is 4.35. The molecular formula is C17H23N5O2.